The Bertz CT molecular complexity index is 1350. The van der Waals surface area contributed by atoms with Crippen LogP contribution in [-0.4, -0.2) is 24.5 Å². The number of hydrogen-bond acceptors (Lipinski definition) is 3. The number of carbonyl (C=O) groups excluding carboxylic acids is 2. The summed E-state index contributed by atoms with van der Waals surface area (Å²) in [7, 11) is 0. The van der Waals surface area contributed by atoms with E-state index in [1.165, 1.54) is 29.3 Å². The number of para-hydroxylation sites is 1. The first-order chi connectivity index (χ1) is 18.8. The molecule has 1 heterocycles. The maximum Gasteiger partial charge on any atom is 0.418 e. The van der Waals surface area contributed by atoms with E-state index in [0.717, 1.165) is 56.8 Å². The Hall–Kier alpha value is -4.01. The summed E-state index contributed by atoms with van der Waals surface area (Å²) in [5, 5.41) is 8.05. The summed E-state index contributed by atoms with van der Waals surface area (Å²) in [6.07, 6.45) is 1.40. The molecule has 204 valence electrons. The highest BCUT2D eigenvalue weighted by Gasteiger charge is 2.33. The van der Waals surface area contributed by atoms with Gasteiger partial charge in [-0.3, -0.25) is 4.79 Å². The molecule has 3 N–H and O–H groups in total. The van der Waals surface area contributed by atoms with Crippen LogP contribution in [0.5, 0.6) is 0 Å². The number of carbonyl (C=O) groups is 2. The van der Waals surface area contributed by atoms with Crippen LogP contribution >= 0.6 is 0 Å². The molecule has 0 aromatic heterocycles. The minimum absolute atomic E-state index is 0.0972. The number of hydrogen-bond donors (Lipinski definition) is 3. The summed E-state index contributed by atoms with van der Waals surface area (Å²) in [5.74, 6) is -0.220. The van der Waals surface area contributed by atoms with Crippen LogP contribution in [0.15, 0.2) is 66.7 Å². The van der Waals surface area contributed by atoms with E-state index in [2.05, 4.69) is 33.0 Å². The lowest BCUT2D eigenvalue weighted by Crippen LogP contribution is -2.38. The predicted molar refractivity (Wildman–Crippen MR) is 146 cm³/mol. The van der Waals surface area contributed by atoms with Crippen molar-refractivity contribution in [2.45, 2.75) is 57.3 Å². The van der Waals surface area contributed by atoms with E-state index >= 15 is 0 Å². The SMILES string of the molecule is O=C(Nc1ccc(N2CCc3ccccc3C2)c(C(=O)NC2CCCCC2)c1)Nc1ccccc1C(F)(F)F. The van der Waals surface area contributed by atoms with Crippen LogP contribution in [-0.2, 0) is 19.1 Å². The third kappa shape index (κ3) is 6.35. The number of benzene rings is 3. The lowest BCUT2D eigenvalue weighted by atomic mass is 9.95. The van der Waals surface area contributed by atoms with Crippen molar-refractivity contribution < 1.29 is 22.8 Å². The number of anilines is 3. The molecule has 0 saturated heterocycles. The molecule has 1 fully saturated rings. The first kappa shape index (κ1) is 26.6. The number of alkyl halides is 3. The van der Waals surface area contributed by atoms with E-state index in [0.29, 0.717) is 17.8 Å². The second-order valence-corrected chi connectivity index (χ2v) is 10.1. The smallest absolute Gasteiger partial charge is 0.366 e. The van der Waals surface area contributed by atoms with Crippen molar-refractivity contribution in [1.29, 1.82) is 0 Å². The summed E-state index contributed by atoms with van der Waals surface area (Å²) in [5.41, 5.74) is 2.70. The van der Waals surface area contributed by atoms with E-state index in [9.17, 15) is 22.8 Å². The highest BCUT2D eigenvalue weighted by molar-refractivity contribution is 6.04. The van der Waals surface area contributed by atoms with Gasteiger partial charge in [0.05, 0.1) is 16.8 Å². The Kier molecular flexibility index (Phi) is 7.77. The van der Waals surface area contributed by atoms with Gasteiger partial charge in [-0.15, -0.1) is 0 Å². The second kappa shape index (κ2) is 11.4. The number of rotatable bonds is 5. The van der Waals surface area contributed by atoms with E-state index in [1.807, 2.05) is 12.1 Å². The van der Waals surface area contributed by atoms with Gasteiger partial charge < -0.3 is 20.9 Å². The predicted octanol–water partition coefficient (Wildman–Crippen LogP) is 6.97. The highest BCUT2D eigenvalue weighted by atomic mass is 19.4. The number of amides is 3. The molecular weight excluding hydrogens is 505 g/mol. The Morgan fingerprint density at radius 2 is 1.56 bits per heavy atom. The summed E-state index contributed by atoms with van der Waals surface area (Å²) in [6, 6.07) is 17.4. The highest BCUT2D eigenvalue weighted by Crippen LogP contribution is 2.35. The fraction of sp³-hybridized carbons (Fsp3) is 0.333. The van der Waals surface area contributed by atoms with Gasteiger partial charge >= 0.3 is 12.2 Å². The molecule has 0 atom stereocenters. The Balaban J connectivity index is 1.39. The van der Waals surface area contributed by atoms with Gasteiger partial charge in [0.15, 0.2) is 0 Å². The Morgan fingerprint density at radius 3 is 2.33 bits per heavy atom. The molecule has 3 aromatic rings. The minimum Gasteiger partial charge on any atom is -0.366 e. The molecule has 0 radical (unpaired) electrons. The number of nitrogens with one attached hydrogen (secondary N) is 3. The molecule has 1 aliphatic heterocycles. The summed E-state index contributed by atoms with van der Waals surface area (Å²) < 4.78 is 40.1. The summed E-state index contributed by atoms with van der Waals surface area (Å²) >= 11 is 0. The molecule has 1 aliphatic carbocycles. The van der Waals surface area contributed by atoms with Gasteiger partial charge in [-0.1, -0.05) is 55.7 Å². The molecule has 0 spiro atoms. The van der Waals surface area contributed by atoms with Crippen molar-refractivity contribution in [3.63, 3.8) is 0 Å². The van der Waals surface area contributed by atoms with Crippen molar-refractivity contribution >= 4 is 29.0 Å². The van der Waals surface area contributed by atoms with Crippen LogP contribution in [0.3, 0.4) is 0 Å². The number of urea groups is 1. The average Bonchev–Trinajstić information content (AvgIpc) is 2.93. The van der Waals surface area contributed by atoms with E-state index < -0.39 is 17.8 Å². The van der Waals surface area contributed by atoms with Crippen LogP contribution in [0, 0.1) is 0 Å². The maximum atomic E-state index is 13.5. The van der Waals surface area contributed by atoms with Crippen molar-refractivity contribution in [3.8, 4) is 0 Å². The van der Waals surface area contributed by atoms with Crippen LogP contribution < -0.4 is 20.9 Å². The molecule has 3 amide bonds. The van der Waals surface area contributed by atoms with Crippen molar-refractivity contribution in [1.82, 2.24) is 5.32 Å². The van der Waals surface area contributed by atoms with Crippen LogP contribution in [0.2, 0.25) is 0 Å². The van der Waals surface area contributed by atoms with Crippen LogP contribution in [0.25, 0.3) is 0 Å². The molecule has 5 rings (SSSR count). The number of nitrogens with zero attached hydrogens (tertiary/aromatic N) is 1. The fourth-order valence-corrected chi connectivity index (χ4v) is 5.41. The van der Waals surface area contributed by atoms with E-state index in [1.54, 1.807) is 18.2 Å². The lowest BCUT2D eigenvalue weighted by Gasteiger charge is -2.32. The lowest BCUT2D eigenvalue weighted by molar-refractivity contribution is -0.136. The number of fused-ring (bicyclic) bond motifs is 1. The molecule has 2 aliphatic rings. The zero-order valence-electron chi connectivity index (χ0n) is 21.5. The van der Waals surface area contributed by atoms with Crippen LogP contribution in [0.4, 0.5) is 35.0 Å². The van der Waals surface area contributed by atoms with Gasteiger partial charge in [0.1, 0.15) is 0 Å². The van der Waals surface area contributed by atoms with Crippen molar-refractivity contribution in [2.75, 3.05) is 22.1 Å². The van der Waals surface area contributed by atoms with Gasteiger partial charge in [-0.2, -0.15) is 13.2 Å². The molecular formula is C30H31F3N4O2. The zero-order valence-corrected chi connectivity index (χ0v) is 21.5. The molecule has 6 nitrogen and oxygen atoms in total. The first-order valence-electron chi connectivity index (χ1n) is 13.3. The van der Waals surface area contributed by atoms with Crippen molar-refractivity contribution in [2.24, 2.45) is 0 Å². The maximum absolute atomic E-state index is 13.5. The van der Waals surface area contributed by atoms with E-state index in [-0.39, 0.29) is 17.6 Å². The zero-order chi connectivity index (χ0) is 27.4. The largest absolute Gasteiger partial charge is 0.418 e. The Labute approximate surface area is 225 Å². The topological polar surface area (TPSA) is 73.5 Å². The van der Waals surface area contributed by atoms with E-state index in [4.69, 9.17) is 0 Å². The summed E-state index contributed by atoms with van der Waals surface area (Å²) in [4.78, 5) is 28.4. The van der Waals surface area contributed by atoms with Gasteiger partial charge in [-0.05, 0) is 60.7 Å². The fourth-order valence-electron chi connectivity index (χ4n) is 5.41. The van der Waals surface area contributed by atoms with Gasteiger partial charge in [0.2, 0.25) is 0 Å². The second-order valence-electron chi connectivity index (χ2n) is 10.1. The molecule has 9 heteroatoms. The molecule has 0 unspecified atom stereocenters. The number of halogens is 3. The third-order valence-corrected chi connectivity index (χ3v) is 7.39. The van der Waals surface area contributed by atoms with Gasteiger partial charge in [-0.25, -0.2) is 4.79 Å². The average molecular weight is 537 g/mol. The first-order valence-corrected chi connectivity index (χ1v) is 13.3. The third-order valence-electron chi connectivity index (χ3n) is 7.39. The van der Waals surface area contributed by atoms with Crippen LogP contribution in [0.1, 0.15) is 59.2 Å². The normalized spacial score (nSPS) is 15.8. The summed E-state index contributed by atoms with van der Waals surface area (Å²) in [6.45, 7) is 1.39. The van der Waals surface area contributed by atoms with Crippen molar-refractivity contribution in [3.05, 3.63) is 89.0 Å². The van der Waals surface area contributed by atoms with Gasteiger partial charge in [0, 0.05) is 30.5 Å². The quantitative estimate of drug-likeness (QED) is 0.330. The Morgan fingerprint density at radius 1 is 0.846 bits per heavy atom. The molecule has 0 bridgehead atoms. The molecule has 3 aromatic carbocycles. The minimum atomic E-state index is -4.61. The monoisotopic (exact) mass is 536 g/mol. The van der Waals surface area contributed by atoms with Gasteiger partial charge in [0.25, 0.3) is 5.91 Å². The molecule has 39 heavy (non-hydrogen) atoms. The molecule has 1 saturated carbocycles. The standard InChI is InChI=1S/C30H31F3N4O2/c31-30(32,33)25-12-6-7-13-26(25)36-29(39)35-23-14-15-27(37-17-16-20-8-4-5-9-21(20)19-37)24(18-23)28(38)34-22-10-2-1-3-11-22/h4-9,12-15,18,22H,1-3,10-11,16-17,19H2,(H,34,38)(H2,35,36,39).